The Morgan fingerprint density at radius 2 is 2.10 bits per heavy atom. The first-order valence-corrected chi connectivity index (χ1v) is 8.39. The molecule has 112 valence electrons. The Labute approximate surface area is 128 Å². The van der Waals surface area contributed by atoms with Gasteiger partial charge in [0.15, 0.2) is 6.10 Å². The molecule has 0 radical (unpaired) electrons. The fourth-order valence-corrected chi connectivity index (χ4v) is 3.58. The van der Waals surface area contributed by atoms with E-state index < -0.39 is 6.10 Å². The van der Waals surface area contributed by atoms with Crippen LogP contribution in [0.2, 0.25) is 0 Å². The molecule has 1 aliphatic carbocycles. The topological polar surface area (TPSA) is 46.6 Å². The lowest BCUT2D eigenvalue weighted by atomic mass is 9.86. The summed E-state index contributed by atoms with van der Waals surface area (Å²) >= 11 is 1.75. The molecule has 1 fully saturated rings. The smallest absolute Gasteiger partial charge is 0.309 e. The molecule has 0 aromatic heterocycles. The Morgan fingerprint density at radius 1 is 1.33 bits per heavy atom. The number of para-hydroxylation sites is 1. The van der Waals surface area contributed by atoms with E-state index in [1.807, 2.05) is 24.3 Å². The van der Waals surface area contributed by atoms with Gasteiger partial charge in [-0.15, -0.1) is 11.8 Å². The molecule has 1 aromatic rings. The second-order valence-corrected chi connectivity index (χ2v) is 6.65. The second-order valence-electron chi connectivity index (χ2n) is 5.51. The van der Waals surface area contributed by atoms with Gasteiger partial charge in [-0.2, -0.15) is 0 Å². The average Bonchev–Trinajstić information content (AvgIpc) is 2.44. The average molecular weight is 305 g/mol. The van der Waals surface area contributed by atoms with E-state index in [1.54, 1.807) is 23.6 Å². The minimum atomic E-state index is -0.714. The van der Waals surface area contributed by atoms with Crippen molar-refractivity contribution < 1.29 is 14.3 Å². The van der Waals surface area contributed by atoms with Crippen LogP contribution in [-0.2, 0) is 14.3 Å². The summed E-state index contributed by atoms with van der Waals surface area (Å²) in [6, 6.07) is 7.86. The van der Waals surface area contributed by atoms with Crippen LogP contribution >= 0.6 is 11.8 Å². The van der Waals surface area contributed by atoms with Crippen molar-refractivity contribution in [3.63, 3.8) is 0 Å². The molecule has 1 amide bonds. The van der Waals surface area contributed by atoms with E-state index in [0.29, 0.717) is 6.54 Å². The van der Waals surface area contributed by atoms with Crippen LogP contribution in [0, 0.1) is 5.92 Å². The molecule has 5 heteroatoms. The van der Waals surface area contributed by atoms with Gasteiger partial charge in [-0.1, -0.05) is 18.6 Å². The van der Waals surface area contributed by atoms with Crippen LogP contribution in [0.25, 0.3) is 0 Å². The Morgan fingerprint density at radius 3 is 2.81 bits per heavy atom. The van der Waals surface area contributed by atoms with E-state index in [9.17, 15) is 9.59 Å². The van der Waals surface area contributed by atoms with Gasteiger partial charge in [0.05, 0.1) is 11.6 Å². The third-order valence-electron chi connectivity index (χ3n) is 4.07. The molecule has 0 bridgehead atoms. The molecule has 2 aliphatic rings. The van der Waals surface area contributed by atoms with Gasteiger partial charge in [0.1, 0.15) is 0 Å². The van der Waals surface area contributed by atoms with Crippen LogP contribution in [0.4, 0.5) is 5.69 Å². The Kier molecular flexibility index (Phi) is 4.19. The highest BCUT2D eigenvalue weighted by Crippen LogP contribution is 2.35. The summed E-state index contributed by atoms with van der Waals surface area (Å²) in [5, 5.41) is 0. The van der Waals surface area contributed by atoms with Gasteiger partial charge in [-0.25, -0.2) is 0 Å². The number of carbonyl (C=O) groups is 2. The summed E-state index contributed by atoms with van der Waals surface area (Å²) in [5.41, 5.74) is 0.922. The minimum absolute atomic E-state index is 0.00412. The van der Waals surface area contributed by atoms with E-state index in [0.717, 1.165) is 35.6 Å². The summed E-state index contributed by atoms with van der Waals surface area (Å²) in [5.74, 6) is 0.521. The molecule has 1 aliphatic heterocycles. The molecular formula is C16H19NO3S. The number of fused-ring (bicyclic) bond motifs is 1. The molecule has 0 spiro atoms. The number of nitrogens with zero attached hydrogens (tertiary/aromatic N) is 1. The molecule has 3 rings (SSSR count). The summed E-state index contributed by atoms with van der Waals surface area (Å²) in [6.45, 7) is 2.33. The number of anilines is 1. The van der Waals surface area contributed by atoms with Crippen LogP contribution in [0.15, 0.2) is 29.2 Å². The zero-order chi connectivity index (χ0) is 14.8. The molecule has 1 aromatic carbocycles. The van der Waals surface area contributed by atoms with Crippen molar-refractivity contribution in [3.05, 3.63) is 24.3 Å². The normalized spacial score (nSPS) is 19.4. The van der Waals surface area contributed by atoms with Crippen molar-refractivity contribution in [1.29, 1.82) is 0 Å². The van der Waals surface area contributed by atoms with Gasteiger partial charge < -0.3 is 9.64 Å². The number of carbonyl (C=O) groups excluding carboxylic acids is 2. The van der Waals surface area contributed by atoms with Gasteiger partial charge in [0, 0.05) is 17.2 Å². The number of ether oxygens (including phenoxy) is 1. The lowest BCUT2D eigenvalue weighted by Crippen LogP contribution is -2.43. The molecule has 21 heavy (non-hydrogen) atoms. The summed E-state index contributed by atoms with van der Waals surface area (Å²) in [6.07, 6.45) is 2.15. The van der Waals surface area contributed by atoms with E-state index >= 15 is 0 Å². The van der Waals surface area contributed by atoms with Crippen LogP contribution in [0.5, 0.6) is 0 Å². The van der Waals surface area contributed by atoms with Crippen molar-refractivity contribution in [3.8, 4) is 0 Å². The van der Waals surface area contributed by atoms with Crippen molar-refractivity contribution in [2.24, 2.45) is 5.92 Å². The van der Waals surface area contributed by atoms with Gasteiger partial charge >= 0.3 is 5.97 Å². The molecule has 1 heterocycles. The van der Waals surface area contributed by atoms with Crippen LogP contribution in [-0.4, -0.2) is 30.3 Å². The number of thioether (sulfide) groups is 1. The van der Waals surface area contributed by atoms with Gasteiger partial charge in [0.25, 0.3) is 5.91 Å². The maximum atomic E-state index is 12.6. The van der Waals surface area contributed by atoms with E-state index in [2.05, 4.69) is 0 Å². The molecule has 1 saturated carbocycles. The number of hydrogen-bond acceptors (Lipinski definition) is 4. The van der Waals surface area contributed by atoms with Crippen LogP contribution < -0.4 is 4.90 Å². The maximum absolute atomic E-state index is 12.6. The number of esters is 1. The molecule has 0 N–H and O–H groups in total. The first-order valence-electron chi connectivity index (χ1n) is 7.40. The third-order valence-corrected chi connectivity index (χ3v) is 5.12. The second kappa shape index (κ2) is 6.10. The number of benzene rings is 1. The van der Waals surface area contributed by atoms with E-state index in [1.165, 1.54) is 0 Å². The Balaban J connectivity index is 1.69. The largest absolute Gasteiger partial charge is 0.452 e. The Bertz CT molecular complexity index is 556. The molecule has 0 unspecified atom stereocenters. The number of amides is 1. The lowest BCUT2D eigenvalue weighted by molar-refractivity contribution is -0.160. The van der Waals surface area contributed by atoms with Gasteiger partial charge in [0.2, 0.25) is 0 Å². The summed E-state index contributed by atoms with van der Waals surface area (Å²) in [4.78, 5) is 27.3. The van der Waals surface area contributed by atoms with Crippen molar-refractivity contribution in [2.45, 2.75) is 37.2 Å². The van der Waals surface area contributed by atoms with Crippen molar-refractivity contribution in [2.75, 3.05) is 17.2 Å². The molecule has 4 nitrogen and oxygen atoms in total. The highest BCUT2D eigenvalue weighted by Gasteiger charge is 2.32. The number of hydrogen-bond donors (Lipinski definition) is 0. The monoisotopic (exact) mass is 305 g/mol. The predicted octanol–water partition coefficient (Wildman–Crippen LogP) is 2.86. The predicted molar refractivity (Wildman–Crippen MR) is 82.4 cm³/mol. The highest BCUT2D eigenvalue weighted by molar-refractivity contribution is 7.99. The van der Waals surface area contributed by atoms with Crippen LogP contribution in [0.1, 0.15) is 26.2 Å². The van der Waals surface area contributed by atoms with Crippen molar-refractivity contribution >= 4 is 29.3 Å². The molecule has 0 saturated heterocycles. The summed E-state index contributed by atoms with van der Waals surface area (Å²) in [7, 11) is 0. The molecular weight excluding hydrogens is 286 g/mol. The van der Waals surface area contributed by atoms with Gasteiger partial charge in [-0.05, 0) is 31.9 Å². The first-order chi connectivity index (χ1) is 10.2. The first kappa shape index (κ1) is 14.4. The highest BCUT2D eigenvalue weighted by atomic mass is 32.2. The number of rotatable bonds is 3. The SMILES string of the molecule is C[C@H](OC(=O)C1CCC1)C(=O)N1CCSc2ccccc21. The van der Waals surface area contributed by atoms with Gasteiger partial charge in [-0.3, -0.25) is 9.59 Å². The molecule has 1 atom stereocenters. The standard InChI is InChI=1S/C16H19NO3S/c1-11(20-16(19)12-5-4-6-12)15(18)17-9-10-21-14-8-3-2-7-13(14)17/h2-3,7-8,11-12H,4-6,9-10H2,1H3/t11-/m0/s1. The zero-order valence-corrected chi connectivity index (χ0v) is 12.9. The zero-order valence-electron chi connectivity index (χ0n) is 12.1. The lowest BCUT2D eigenvalue weighted by Gasteiger charge is -2.31. The van der Waals surface area contributed by atoms with Crippen molar-refractivity contribution in [1.82, 2.24) is 0 Å². The Hall–Kier alpha value is -1.49. The van der Waals surface area contributed by atoms with Crippen LogP contribution in [0.3, 0.4) is 0 Å². The fraction of sp³-hybridized carbons (Fsp3) is 0.500. The van der Waals surface area contributed by atoms with E-state index in [4.69, 9.17) is 4.74 Å². The minimum Gasteiger partial charge on any atom is -0.452 e. The van der Waals surface area contributed by atoms with E-state index in [-0.39, 0.29) is 17.8 Å². The fourth-order valence-electron chi connectivity index (χ4n) is 2.58. The maximum Gasteiger partial charge on any atom is 0.309 e. The third kappa shape index (κ3) is 2.93. The quantitative estimate of drug-likeness (QED) is 0.806. The summed E-state index contributed by atoms with van der Waals surface area (Å²) < 4.78 is 5.35.